The average Bonchev–Trinajstić information content (AvgIpc) is 2.54. The van der Waals surface area contributed by atoms with Gasteiger partial charge in [0.1, 0.15) is 6.04 Å². The quantitative estimate of drug-likeness (QED) is 0.792. The highest BCUT2D eigenvalue weighted by Crippen LogP contribution is 2.37. The molecule has 2 N–H and O–H groups in total. The number of ether oxygens (including phenoxy) is 1. The summed E-state index contributed by atoms with van der Waals surface area (Å²) in [5.74, 6) is 1.30. The van der Waals surface area contributed by atoms with E-state index in [0.29, 0.717) is 12.0 Å². The van der Waals surface area contributed by atoms with Crippen LogP contribution in [0.4, 0.5) is 0 Å². The van der Waals surface area contributed by atoms with E-state index in [1.54, 1.807) is 0 Å². The second kappa shape index (κ2) is 8.14. The van der Waals surface area contributed by atoms with Crippen molar-refractivity contribution in [3.8, 4) is 0 Å². The number of rotatable bonds is 5. The zero-order valence-corrected chi connectivity index (χ0v) is 13.7. The van der Waals surface area contributed by atoms with E-state index in [1.165, 1.54) is 45.6 Å². The molecule has 2 aliphatic rings. The molecule has 0 bridgehead atoms. The number of carbonyl (C=O) groups excluding carboxylic acids is 1. The molecular formula is C17H32N2O2. The largest absolute Gasteiger partial charge is 0.468 e. The Kier molecular flexibility index (Phi) is 6.49. The Balaban J connectivity index is 2.10. The average molecular weight is 296 g/mol. The number of carbonyl (C=O) groups is 1. The van der Waals surface area contributed by atoms with Crippen LogP contribution in [0.15, 0.2) is 0 Å². The first-order valence-corrected chi connectivity index (χ1v) is 8.74. The molecule has 0 spiro atoms. The first-order chi connectivity index (χ1) is 10.2. The Morgan fingerprint density at radius 2 is 2.10 bits per heavy atom. The van der Waals surface area contributed by atoms with Crippen molar-refractivity contribution in [3.05, 3.63) is 0 Å². The van der Waals surface area contributed by atoms with E-state index in [2.05, 4.69) is 11.8 Å². The molecule has 1 aliphatic carbocycles. The fraction of sp³-hybridized carbons (Fsp3) is 0.941. The Morgan fingerprint density at radius 1 is 1.29 bits per heavy atom. The summed E-state index contributed by atoms with van der Waals surface area (Å²) < 4.78 is 5.04. The van der Waals surface area contributed by atoms with Crippen LogP contribution in [0, 0.1) is 11.8 Å². The van der Waals surface area contributed by atoms with Crippen LogP contribution in [0.25, 0.3) is 0 Å². The standard InChI is InChI=1S/C17H32N2O2/c1-3-6-13-8-9-14(12-18)16(11-13)19-10-5-4-7-15(19)17(20)21-2/h13-16H,3-12,18H2,1-2H3. The molecule has 1 saturated heterocycles. The smallest absolute Gasteiger partial charge is 0.323 e. The molecule has 1 saturated carbocycles. The number of hydrogen-bond acceptors (Lipinski definition) is 4. The molecule has 0 radical (unpaired) electrons. The normalized spacial score (nSPS) is 34.6. The Labute approximate surface area is 129 Å². The Morgan fingerprint density at radius 3 is 2.76 bits per heavy atom. The van der Waals surface area contributed by atoms with E-state index in [0.717, 1.165) is 31.8 Å². The minimum atomic E-state index is -0.0527. The van der Waals surface area contributed by atoms with Crippen LogP contribution in [0.3, 0.4) is 0 Å². The van der Waals surface area contributed by atoms with Gasteiger partial charge in [-0.1, -0.05) is 32.6 Å². The minimum absolute atomic E-state index is 0.0387. The van der Waals surface area contributed by atoms with Crippen molar-refractivity contribution in [3.63, 3.8) is 0 Å². The summed E-state index contributed by atoms with van der Waals surface area (Å²) in [5, 5.41) is 0. The van der Waals surface area contributed by atoms with Gasteiger partial charge < -0.3 is 10.5 Å². The number of esters is 1. The van der Waals surface area contributed by atoms with Crippen LogP contribution in [0.2, 0.25) is 0 Å². The van der Waals surface area contributed by atoms with Gasteiger partial charge in [-0.05, 0) is 50.6 Å². The third kappa shape index (κ3) is 3.98. The molecule has 4 unspecified atom stereocenters. The van der Waals surface area contributed by atoms with Crippen molar-refractivity contribution in [2.75, 3.05) is 20.2 Å². The predicted octanol–water partition coefficient (Wildman–Crippen LogP) is 2.56. The lowest BCUT2D eigenvalue weighted by Gasteiger charge is -2.46. The fourth-order valence-electron chi connectivity index (χ4n) is 4.39. The predicted molar refractivity (Wildman–Crippen MR) is 84.9 cm³/mol. The Bertz CT molecular complexity index is 335. The molecule has 4 atom stereocenters. The monoisotopic (exact) mass is 296 g/mol. The summed E-state index contributed by atoms with van der Waals surface area (Å²) in [6.07, 6.45) is 9.57. The van der Waals surface area contributed by atoms with E-state index in [4.69, 9.17) is 10.5 Å². The summed E-state index contributed by atoms with van der Waals surface area (Å²) in [6.45, 7) is 4.04. The number of nitrogens with zero attached hydrogens (tertiary/aromatic N) is 1. The summed E-state index contributed by atoms with van der Waals surface area (Å²) in [7, 11) is 1.51. The number of nitrogens with two attached hydrogens (primary N) is 1. The van der Waals surface area contributed by atoms with Crippen molar-refractivity contribution < 1.29 is 9.53 Å². The molecule has 2 fully saturated rings. The maximum Gasteiger partial charge on any atom is 0.323 e. The number of hydrogen-bond donors (Lipinski definition) is 1. The van der Waals surface area contributed by atoms with Gasteiger partial charge >= 0.3 is 5.97 Å². The summed E-state index contributed by atoms with van der Waals surface area (Å²) in [5.41, 5.74) is 6.03. The molecule has 0 amide bonds. The van der Waals surface area contributed by atoms with Crippen LogP contribution in [-0.4, -0.2) is 43.2 Å². The van der Waals surface area contributed by atoms with Crippen LogP contribution < -0.4 is 5.73 Å². The van der Waals surface area contributed by atoms with Gasteiger partial charge in [0.05, 0.1) is 7.11 Å². The lowest BCUT2D eigenvalue weighted by atomic mass is 9.75. The number of piperidine rings is 1. The second-order valence-electron chi connectivity index (χ2n) is 6.80. The van der Waals surface area contributed by atoms with Crippen LogP contribution >= 0.6 is 0 Å². The van der Waals surface area contributed by atoms with Crippen molar-refractivity contribution >= 4 is 5.97 Å². The molecule has 21 heavy (non-hydrogen) atoms. The van der Waals surface area contributed by atoms with E-state index in [1.807, 2.05) is 0 Å². The highest BCUT2D eigenvalue weighted by molar-refractivity contribution is 5.75. The molecule has 1 heterocycles. The van der Waals surface area contributed by atoms with E-state index >= 15 is 0 Å². The lowest BCUT2D eigenvalue weighted by molar-refractivity contribution is -0.150. The summed E-state index contributed by atoms with van der Waals surface area (Å²) in [6, 6.07) is 0.438. The van der Waals surface area contributed by atoms with Crippen molar-refractivity contribution in [1.82, 2.24) is 4.90 Å². The third-order valence-electron chi connectivity index (χ3n) is 5.51. The molecule has 4 nitrogen and oxygen atoms in total. The van der Waals surface area contributed by atoms with Gasteiger partial charge in [-0.25, -0.2) is 0 Å². The molecule has 4 heteroatoms. The molecule has 2 rings (SSSR count). The van der Waals surface area contributed by atoms with Crippen LogP contribution in [0.1, 0.15) is 58.3 Å². The van der Waals surface area contributed by atoms with Crippen LogP contribution in [0.5, 0.6) is 0 Å². The van der Waals surface area contributed by atoms with E-state index in [9.17, 15) is 4.79 Å². The number of likely N-dealkylation sites (tertiary alicyclic amines) is 1. The van der Waals surface area contributed by atoms with Gasteiger partial charge in [0.2, 0.25) is 0 Å². The second-order valence-corrected chi connectivity index (χ2v) is 6.80. The van der Waals surface area contributed by atoms with Gasteiger partial charge in [-0.15, -0.1) is 0 Å². The molecular weight excluding hydrogens is 264 g/mol. The summed E-state index contributed by atoms with van der Waals surface area (Å²) in [4.78, 5) is 14.6. The fourth-order valence-corrected chi connectivity index (χ4v) is 4.39. The zero-order valence-electron chi connectivity index (χ0n) is 13.7. The van der Waals surface area contributed by atoms with Gasteiger partial charge in [0.15, 0.2) is 0 Å². The molecule has 0 aromatic rings. The maximum atomic E-state index is 12.1. The molecule has 0 aromatic heterocycles. The highest BCUT2D eigenvalue weighted by Gasteiger charge is 2.40. The topological polar surface area (TPSA) is 55.6 Å². The summed E-state index contributed by atoms with van der Waals surface area (Å²) >= 11 is 0. The Hall–Kier alpha value is -0.610. The molecule has 0 aromatic carbocycles. The first kappa shape index (κ1) is 16.8. The van der Waals surface area contributed by atoms with E-state index < -0.39 is 0 Å². The SMILES string of the molecule is CCCC1CCC(CN)C(N2CCCCC2C(=O)OC)C1. The van der Waals surface area contributed by atoms with E-state index in [-0.39, 0.29) is 12.0 Å². The van der Waals surface area contributed by atoms with Crippen LogP contribution in [-0.2, 0) is 9.53 Å². The lowest BCUT2D eigenvalue weighted by Crippen LogP contribution is -2.55. The third-order valence-corrected chi connectivity index (χ3v) is 5.51. The van der Waals surface area contributed by atoms with Crippen molar-refractivity contribution in [1.29, 1.82) is 0 Å². The number of methoxy groups -OCH3 is 1. The highest BCUT2D eigenvalue weighted by atomic mass is 16.5. The minimum Gasteiger partial charge on any atom is -0.468 e. The molecule has 122 valence electrons. The maximum absolute atomic E-state index is 12.1. The molecule has 1 aliphatic heterocycles. The van der Waals surface area contributed by atoms with Gasteiger partial charge in [-0.3, -0.25) is 9.69 Å². The zero-order chi connectivity index (χ0) is 15.2. The van der Waals surface area contributed by atoms with Gasteiger partial charge in [-0.2, -0.15) is 0 Å². The van der Waals surface area contributed by atoms with Crippen molar-refractivity contribution in [2.24, 2.45) is 17.6 Å². The first-order valence-electron chi connectivity index (χ1n) is 8.74. The van der Waals surface area contributed by atoms with Gasteiger partial charge in [0.25, 0.3) is 0 Å². The van der Waals surface area contributed by atoms with Crippen molar-refractivity contribution in [2.45, 2.75) is 70.4 Å². The van der Waals surface area contributed by atoms with Gasteiger partial charge in [0, 0.05) is 6.04 Å².